The molecule has 0 saturated carbocycles. The molecule has 3 nitrogen and oxygen atoms in total. The molecule has 2 aromatic rings. The van der Waals surface area contributed by atoms with Gasteiger partial charge in [-0.1, -0.05) is 18.2 Å². The lowest BCUT2D eigenvalue weighted by Gasteiger charge is -2.22. The van der Waals surface area contributed by atoms with Gasteiger partial charge in [0.2, 0.25) is 5.91 Å². The molecule has 4 heteroatoms. The van der Waals surface area contributed by atoms with Crippen molar-refractivity contribution in [3.8, 4) is 0 Å². The van der Waals surface area contributed by atoms with E-state index in [2.05, 4.69) is 0 Å². The summed E-state index contributed by atoms with van der Waals surface area (Å²) >= 11 is 0. The number of amides is 1. The summed E-state index contributed by atoms with van der Waals surface area (Å²) in [7, 11) is 1.72. The van der Waals surface area contributed by atoms with Crippen molar-refractivity contribution >= 4 is 17.4 Å². The fraction of sp³-hybridized carbons (Fsp3) is 0.222. The van der Waals surface area contributed by atoms with Gasteiger partial charge in [0.25, 0.3) is 0 Å². The number of rotatable bonds is 3. The first-order chi connectivity index (χ1) is 10.4. The minimum absolute atomic E-state index is 0.0683. The summed E-state index contributed by atoms with van der Waals surface area (Å²) in [4.78, 5) is 26.7. The smallest absolute Gasteiger partial charge is 0.237 e. The zero-order valence-corrected chi connectivity index (χ0v) is 12.5. The number of Topliss-reactive ketones (excluding diaryl/α,β-unsaturated/α-hetero) is 1. The van der Waals surface area contributed by atoms with Gasteiger partial charge >= 0.3 is 0 Å². The van der Waals surface area contributed by atoms with E-state index in [1.807, 2.05) is 24.3 Å². The molecule has 0 spiro atoms. The van der Waals surface area contributed by atoms with E-state index in [0.717, 1.165) is 11.3 Å². The number of fused-ring (bicyclic) bond motifs is 1. The summed E-state index contributed by atoms with van der Waals surface area (Å²) in [5.74, 6) is -0.644. The molecule has 3 rings (SSSR count). The van der Waals surface area contributed by atoms with Crippen molar-refractivity contribution in [2.24, 2.45) is 0 Å². The molecule has 1 aliphatic rings. The molecule has 0 fully saturated rings. The SMILES string of the molecule is CN1C(=O)C(C)(CC(=O)c2ccc(F)cc2)c2ccccc21. The van der Waals surface area contributed by atoms with Gasteiger partial charge in [-0.05, 0) is 42.8 Å². The Balaban J connectivity index is 1.95. The number of hydrogen-bond acceptors (Lipinski definition) is 2. The molecule has 1 aliphatic heterocycles. The third-order valence-corrected chi connectivity index (χ3v) is 4.32. The number of carbonyl (C=O) groups excluding carboxylic acids is 2. The van der Waals surface area contributed by atoms with Crippen molar-refractivity contribution in [1.29, 1.82) is 0 Å². The highest BCUT2D eigenvalue weighted by molar-refractivity contribution is 6.11. The zero-order chi connectivity index (χ0) is 15.9. The maximum atomic E-state index is 13.0. The minimum Gasteiger partial charge on any atom is -0.314 e. The molecule has 2 aromatic carbocycles. The van der Waals surface area contributed by atoms with Gasteiger partial charge in [-0.25, -0.2) is 4.39 Å². The van der Waals surface area contributed by atoms with Gasteiger partial charge in [0.1, 0.15) is 5.82 Å². The van der Waals surface area contributed by atoms with Crippen molar-refractivity contribution in [2.75, 3.05) is 11.9 Å². The lowest BCUT2D eigenvalue weighted by Crippen LogP contribution is -2.37. The Morgan fingerprint density at radius 3 is 2.45 bits per heavy atom. The summed E-state index contributed by atoms with van der Waals surface area (Å²) < 4.78 is 13.0. The van der Waals surface area contributed by atoms with Crippen LogP contribution in [0.3, 0.4) is 0 Å². The Labute approximate surface area is 128 Å². The number of nitrogens with zero attached hydrogens (tertiary/aromatic N) is 1. The summed E-state index contributed by atoms with van der Waals surface area (Å²) in [5, 5.41) is 0. The van der Waals surface area contributed by atoms with Gasteiger partial charge in [0.05, 0.1) is 5.41 Å². The second-order valence-electron chi connectivity index (χ2n) is 5.82. The van der Waals surface area contributed by atoms with Gasteiger partial charge in [-0.3, -0.25) is 9.59 Å². The van der Waals surface area contributed by atoms with Crippen LogP contribution < -0.4 is 4.90 Å². The molecule has 1 amide bonds. The van der Waals surface area contributed by atoms with Crippen LogP contribution in [0.4, 0.5) is 10.1 Å². The van der Waals surface area contributed by atoms with Gasteiger partial charge in [0, 0.05) is 24.7 Å². The third kappa shape index (κ3) is 2.11. The number of ketones is 1. The first-order valence-corrected chi connectivity index (χ1v) is 7.10. The third-order valence-electron chi connectivity index (χ3n) is 4.32. The highest BCUT2D eigenvalue weighted by Crippen LogP contribution is 2.43. The van der Waals surface area contributed by atoms with Crippen LogP contribution in [0.2, 0.25) is 0 Å². The minimum atomic E-state index is -0.878. The summed E-state index contributed by atoms with van der Waals surface area (Å²) in [6, 6.07) is 12.9. The van der Waals surface area contributed by atoms with E-state index < -0.39 is 5.41 Å². The maximum Gasteiger partial charge on any atom is 0.237 e. The number of carbonyl (C=O) groups is 2. The summed E-state index contributed by atoms with van der Waals surface area (Å²) in [5.41, 5.74) is 1.24. The molecule has 0 bridgehead atoms. The van der Waals surface area contributed by atoms with Crippen LogP contribution in [-0.2, 0) is 10.2 Å². The van der Waals surface area contributed by atoms with Crippen molar-refractivity contribution in [2.45, 2.75) is 18.8 Å². The van der Waals surface area contributed by atoms with Crippen LogP contribution in [0.15, 0.2) is 48.5 Å². The monoisotopic (exact) mass is 297 g/mol. The second-order valence-corrected chi connectivity index (χ2v) is 5.82. The molecular formula is C18H16FNO2. The summed E-state index contributed by atoms with van der Waals surface area (Å²) in [6.07, 6.45) is 0.0683. The van der Waals surface area contributed by atoms with Gasteiger partial charge in [0.15, 0.2) is 5.78 Å². The van der Waals surface area contributed by atoms with E-state index in [1.54, 1.807) is 18.9 Å². The Bertz CT molecular complexity index is 754. The van der Waals surface area contributed by atoms with Crippen molar-refractivity contribution in [3.05, 3.63) is 65.5 Å². The predicted octanol–water partition coefficient (Wildman–Crippen LogP) is 3.33. The topological polar surface area (TPSA) is 37.4 Å². The lowest BCUT2D eigenvalue weighted by atomic mass is 9.78. The van der Waals surface area contributed by atoms with Crippen LogP contribution >= 0.6 is 0 Å². The average Bonchev–Trinajstić information content (AvgIpc) is 2.70. The molecule has 1 atom stereocenters. The molecular weight excluding hydrogens is 281 g/mol. The van der Waals surface area contributed by atoms with Crippen LogP contribution in [0.1, 0.15) is 29.3 Å². The van der Waals surface area contributed by atoms with E-state index in [9.17, 15) is 14.0 Å². The van der Waals surface area contributed by atoms with Crippen LogP contribution in [0.5, 0.6) is 0 Å². The molecule has 0 N–H and O–H groups in total. The largest absolute Gasteiger partial charge is 0.314 e. The van der Waals surface area contributed by atoms with E-state index in [4.69, 9.17) is 0 Å². The second kappa shape index (κ2) is 5.05. The van der Waals surface area contributed by atoms with Gasteiger partial charge in [-0.15, -0.1) is 0 Å². The zero-order valence-electron chi connectivity index (χ0n) is 12.5. The standard InChI is InChI=1S/C18H16FNO2/c1-18(11-16(21)12-7-9-13(19)10-8-12)14-5-3-4-6-15(14)20(2)17(18)22/h3-10H,11H2,1-2H3. The van der Waals surface area contributed by atoms with Crippen molar-refractivity contribution in [3.63, 3.8) is 0 Å². The van der Waals surface area contributed by atoms with Gasteiger partial charge < -0.3 is 4.90 Å². The Morgan fingerprint density at radius 1 is 1.14 bits per heavy atom. The normalized spacial score (nSPS) is 20.1. The molecule has 0 saturated heterocycles. The number of benzene rings is 2. The average molecular weight is 297 g/mol. The Kier molecular flexibility index (Phi) is 3.32. The highest BCUT2D eigenvalue weighted by Gasteiger charge is 2.46. The molecule has 0 radical (unpaired) electrons. The number of likely N-dealkylation sites (N-methyl/N-ethyl adjacent to an activating group) is 1. The van der Waals surface area contributed by atoms with E-state index >= 15 is 0 Å². The number of para-hydroxylation sites is 1. The van der Waals surface area contributed by atoms with Crippen LogP contribution in [0.25, 0.3) is 0 Å². The summed E-state index contributed by atoms with van der Waals surface area (Å²) in [6.45, 7) is 1.79. The number of hydrogen-bond donors (Lipinski definition) is 0. The number of halogens is 1. The Morgan fingerprint density at radius 2 is 1.77 bits per heavy atom. The predicted molar refractivity (Wildman–Crippen MR) is 82.6 cm³/mol. The molecule has 0 aromatic heterocycles. The molecule has 0 aliphatic carbocycles. The maximum absolute atomic E-state index is 13.0. The first-order valence-electron chi connectivity index (χ1n) is 7.10. The molecule has 1 unspecified atom stereocenters. The first kappa shape index (κ1) is 14.4. The molecule has 112 valence electrons. The fourth-order valence-corrected chi connectivity index (χ4v) is 3.06. The molecule has 1 heterocycles. The Hall–Kier alpha value is -2.49. The van der Waals surface area contributed by atoms with E-state index in [1.165, 1.54) is 24.3 Å². The van der Waals surface area contributed by atoms with Gasteiger partial charge in [-0.2, -0.15) is 0 Å². The molecule has 22 heavy (non-hydrogen) atoms. The number of anilines is 1. The lowest BCUT2D eigenvalue weighted by molar-refractivity contribution is -0.122. The van der Waals surface area contributed by atoms with Crippen LogP contribution in [-0.4, -0.2) is 18.7 Å². The fourth-order valence-electron chi connectivity index (χ4n) is 3.06. The van der Waals surface area contributed by atoms with E-state index in [0.29, 0.717) is 5.56 Å². The quantitative estimate of drug-likeness (QED) is 0.815. The van der Waals surface area contributed by atoms with E-state index in [-0.39, 0.29) is 23.9 Å². The van der Waals surface area contributed by atoms with Crippen molar-refractivity contribution < 1.29 is 14.0 Å². The van der Waals surface area contributed by atoms with Crippen molar-refractivity contribution in [1.82, 2.24) is 0 Å². The highest BCUT2D eigenvalue weighted by atomic mass is 19.1. The van der Waals surface area contributed by atoms with Crippen LogP contribution in [0, 0.1) is 5.82 Å².